The van der Waals surface area contributed by atoms with Crippen molar-refractivity contribution in [1.82, 2.24) is 0 Å². The third-order valence-corrected chi connectivity index (χ3v) is 7.10. The average molecular weight is 609 g/mol. The third-order valence-electron chi connectivity index (χ3n) is 7.10. The van der Waals surface area contributed by atoms with Gasteiger partial charge in [-0.25, -0.2) is 0 Å². The monoisotopic (exact) mass is 608 g/mol. The first-order chi connectivity index (χ1) is 21.3. The number of unbranched alkanes of at least 4 members (excludes halogenated alkanes) is 14. The minimum Gasteiger partial charge on any atom is -0.491 e. The largest absolute Gasteiger partial charge is 0.491 e. The van der Waals surface area contributed by atoms with Crippen molar-refractivity contribution in [2.75, 3.05) is 66.1 Å². The first-order valence-electron chi connectivity index (χ1n) is 16.9. The smallest absolute Gasteiger partial charge is 0.305 e. The van der Waals surface area contributed by atoms with Gasteiger partial charge in [0.15, 0.2) is 0 Å². The molecule has 0 N–H and O–H groups in total. The van der Waals surface area contributed by atoms with E-state index in [1.165, 1.54) is 83.5 Å². The molecule has 0 aliphatic heterocycles. The summed E-state index contributed by atoms with van der Waals surface area (Å²) in [6, 6.07) is 6.95. The highest BCUT2D eigenvalue weighted by Crippen LogP contribution is 2.14. The number of ether oxygens (including phenoxy) is 6. The summed E-state index contributed by atoms with van der Waals surface area (Å²) in [6.07, 6.45) is 21.0. The van der Waals surface area contributed by atoms with Crippen LogP contribution in [0.3, 0.4) is 0 Å². The van der Waals surface area contributed by atoms with Crippen LogP contribution in [0.15, 0.2) is 24.3 Å². The number of rotatable bonds is 33. The fourth-order valence-electron chi connectivity index (χ4n) is 4.55. The van der Waals surface area contributed by atoms with Crippen LogP contribution < -0.4 is 4.74 Å². The number of esters is 1. The van der Waals surface area contributed by atoms with Gasteiger partial charge < -0.3 is 28.4 Å². The lowest BCUT2D eigenvalue weighted by atomic mass is 10.0. The maximum absolute atomic E-state index is 11.8. The van der Waals surface area contributed by atoms with Gasteiger partial charge >= 0.3 is 5.97 Å². The van der Waals surface area contributed by atoms with E-state index in [-0.39, 0.29) is 12.6 Å². The first kappa shape index (κ1) is 39.0. The molecule has 0 atom stereocenters. The number of carbonyl (C=O) groups is 2. The zero-order chi connectivity index (χ0) is 30.9. The van der Waals surface area contributed by atoms with Crippen LogP contribution in [0, 0.1) is 0 Å². The zero-order valence-electron chi connectivity index (χ0n) is 27.0. The number of hydrogen-bond donors (Lipinski definition) is 0. The van der Waals surface area contributed by atoms with Crippen molar-refractivity contribution in [2.45, 2.75) is 110 Å². The van der Waals surface area contributed by atoms with Crippen molar-refractivity contribution < 1.29 is 38.0 Å². The van der Waals surface area contributed by atoms with E-state index in [2.05, 4.69) is 6.92 Å². The predicted octanol–water partition coefficient (Wildman–Crippen LogP) is 7.75. The van der Waals surface area contributed by atoms with Crippen LogP contribution in [0.4, 0.5) is 0 Å². The first-order valence-corrected chi connectivity index (χ1v) is 16.9. The van der Waals surface area contributed by atoms with Gasteiger partial charge in [0.1, 0.15) is 25.2 Å². The van der Waals surface area contributed by atoms with E-state index in [0.717, 1.165) is 19.1 Å². The second kappa shape index (κ2) is 31.4. The Morgan fingerprint density at radius 1 is 0.535 bits per heavy atom. The van der Waals surface area contributed by atoms with Crippen LogP contribution in [-0.4, -0.2) is 78.3 Å². The molecule has 0 aliphatic rings. The quantitative estimate of drug-likeness (QED) is 0.0455. The molecule has 8 heteroatoms. The molecule has 1 aromatic rings. The maximum Gasteiger partial charge on any atom is 0.305 e. The summed E-state index contributed by atoms with van der Waals surface area (Å²) in [5, 5.41) is 0. The Kier molecular flexibility index (Phi) is 28.5. The minimum absolute atomic E-state index is 0.131. The molecule has 0 radical (unpaired) electrons. The fraction of sp³-hybridized carbons (Fsp3) is 0.771. The molecule has 1 aromatic carbocycles. The highest BCUT2D eigenvalue weighted by Gasteiger charge is 2.03. The van der Waals surface area contributed by atoms with Crippen LogP contribution in [-0.2, 0) is 28.5 Å². The summed E-state index contributed by atoms with van der Waals surface area (Å²) >= 11 is 0. The van der Waals surface area contributed by atoms with Crippen LogP contribution in [0.25, 0.3) is 0 Å². The molecule has 248 valence electrons. The molecule has 0 aromatic heterocycles. The van der Waals surface area contributed by atoms with E-state index < -0.39 is 0 Å². The van der Waals surface area contributed by atoms with Gasteiger partial charge in [0.2, 0.25) is 0 Å². The Hall–Kier alpha value is -2.00. The van der Waals surface area contributed by atoms with Crippen molar-refractivity contribution in [3.05, 3.63) is 29.8 Å². The molecule has 0 bridgehead atoms. The number of aldehydes is 1. The summed E-state index contributed by atoms with van der Waals surface area (Å²) in [5.74, 6) is 0.576. The van der Waals surface area contributed by atoms with E-state index in [1.54, 1.807) is 24.3 Å². The standard InChI is InChI=1S/C35H60O8/c1-2-3-4-5-6-7-8-9-10-11-12-13-14-15-16-17-35(37)43-31-29-41-27-25-39-23-22-38-24-26-40-28-30-42-34-20-18-33(32-36)19-21-34/h18-21,32H,2-17,22-31H2,1H3. The fourth-order valence-corrected chi connectivity index (χ4v) is 4.55. The zero-order valence-corrected chi connectivity index (χ0v) is 27.0. The Labute approximate surface area is 261 Å². The van der Waals surface area contributed by atoms with E-state index in [1.807, 2.05) is 0 Å². The predicted molar refractivity (Wildman–Crippen MR) is 171 cm³/mol. The van der Waals surface area contributed by atoms with Crippen LogP contribution >= 0.6 is 0 Å². The van der Waals surface area contributed by atoms with Gasteiger partial charge in [-0.2, -0.15) is 0 Å². The summed E-state index contributed by atoms with van der Waals surface area (Å²) in [6.45, 7) is 6.70. The molecule has 0 saturated carbocycles. The lowest BCUT2D eigenvalue weighted by Crippen LogP contribution is -2.15. The summed E-state index contributed by atoms with van der Waals surface area (Å²) in [5.41, 5.74) is 0.621. The Balaban J connectivity index is 1.70. The molecule has 0 unspecified atom stereocenters. The molecule has 0 aliphatic carbocycles. The van der Waals surface area contributed by atoms with Crippen LogP contribution in [0.5, 0.6) is 5.75 Å². The topological polar surface area (TPSA) is 89.5 Å². The van der Waals surface area contributed by atoms with Crippen molar-refractivity contribution >= 4 is 12.3 Å². The van der Waals surface area contributed by atoms with Crippen molar-refractivity contribution in [3.63, 3.8) is 0 Å². The molecule has 1 rings (SSSR count). The van der Waals surface area contributed by atoms with Gasteiger partial charge in [-0.05, 0) is 30.7 Å². The normalized spacial score (nSPS) is 11.1. The molecule has 8 nitrogen and oxygen atoms in total. The average Bonchev–Trinajstić information content (AvgIpc) is 3.03. The lowest BCUT2D eigenvalue weighted by molar-refractivity contribution is -0.145. The lowest BCUT2D eigenvalue weighted by Gasteiger charge is -2.09. The maximum atomic E-state index is 11.8. The van der Waals surface area contributed by atoms with Gasteiger partial charge in [0.25, 0.3) is 0 Å². The van der Waals surface area contributed by atoms with Gasteiger partial charge in [-0.15, -0.1) is 0 Å². The molecule has 0 amide bonds. The minimum atomic E-state index is -0.131. The van der Waals surface area contributed by atoms with E-state index in [4.69, 9.17) is 28.4 Å². The SMILES string of the molecule is CCCCCCCCCCCCCCCCCC(=O)OCCOCCOCCOCCOCCOc1ccc(C=O)cc1. The highest BCUT2D eigenvalue weighted by molar-refractivity contribution is 5.74. The molecular formula is C35H60O8. The Bertz CT molecular complexity index is 740. The summed E-state index contributed by atoms with van der Waals surface area (Å²) < 4.78 is 32.6. The van der Waals surface area contributed by atoms with Gasteiger partial charge in [-0.3, -0.25) is 9.59 Å². The van der Waals surface area contributed by atoms with Crippen molar-refractivity contribution in [3.8, 4) is 5.75 Å². The molecule has 0 fully saturated rings. The van der Waals surface area contributed by atoms with E-state index in [9.17, 15) is 9.59 Å². The highest BCUT2D eigenvalue weighted by atomic mass is 16.6. The van der Waals surface area contributed by atoms with Gasteiger partial charge in [0, 0.05) is 12.0 Å². The molecule has 0 spiro atoms. The van der Waals surface area contributed by atoms with E-state index >= 15 is 0 Å². The molecule has 0 saturated heterocycles. The summed E-state index contributed by atoms with van der Waals surface area (Å²) in [4.78, 5) is 22.5. The number of hydrogen-bond acceptors (Lipinski definition) is 8. The van der Waals surface area contributed by atoms with Crippen LogP contribution in [0.1, 0.15) is 120 Å². The van der Waals surface area contributed by atoms with Gasteiger partial charge in [-0.1, -0.05) is 96.8 Å². The summed E-state index contributed by atoms with van der Waals surface area (Å²) in [7, 11) is 0. The van der Waals surface area contributed by atoms with Crippen molar-refractivity contribution in [1.29, 1.82) is 0 Å². The number of benzene rings is 1. The number of carbonyl (C=O) groups excluding carboxylic acids is 2. The Morgan fingerprint density at radius 3 is 1.37 bits per heavy atom. The van der Waals surface area contributed by atoms with Gasteiger partial charge in [0.05, 0.1) is 52.9 Å². The third kappa shape index (κ3) is 27.3. The Morgan fingerprint density at radius 2 is 0.930 bits per heavy atom. The van der Waals surface area contributed by atoms with E-state index in [0.29, 0.717) is 77.2 Å². The molecular weight excluding hydrogens is 548 g/mol. The van der Waals surface area contributed by atoms with Crippen LogP contribution in [0.2, 0.25) is 0 Å². The van der Waals surface area contributed by atoms with Crippen molar-refractivity contribution in [2.24, 2.45) is 0 Å². The second-order valence-corrected chi connectivity index (χ2v) is 10.9. The molecule has 0 heterocycles. The second-order valence-electron chi connectivity index (χ2n) is 10.9. The molecule has 43 heavy (non-hydrogen) atoms.